The summed E-state index contributed by atoms with van der Waals surface area (Å²) < 4.78 is 18.9. The van der Waals surface area contributed by atoms with Crippen LogP contribution >= 0.6 is 0 Å². The van der Waals surface area contributed by atoms with Crippen LogP contribution in [0.25, 0.3) is 11.3 Å². The highest BCUT2D eigenvalue weighted by atomic mass is 19.1. The Hall–Kier alpha value is -2.95. The Kier molecular flexibility index (Phi) is 4.93. The van der Waals surface area contributed by atoms with E-state index in [0.29, 0.717) is 22.9 Å². The van der Waals surface area contributed by atoms with E-state index in [1.807, 2.05) is 24.3 Å². The molecular formula is C20H19FN2O2. The summed E-state index contributed by atoms with van der Waals surface area (Å²) in [5, 5.41) is 6.67. The van der Waals surface area contributed by atoms with Crippen LogP contribution in [0.15, 0.2) is 59.1 Å². The Morgan fingerprint density at radius 1 is 1.16 bits per heavy atom. The third-order valence-corrected chi connectivity index (χ3v) is 3.90. The molecule has 1 N–H and O–H groups in total. The number of anilines is 1. The molecule has 5 heteroatoms. The Bertz CT molecular complexity index is 869. The average Bonchev–Trinajstić information content (AvgIpc) is 3.03. The minimum Gasteiger partial charge on any atom is -0.356 e. The van der Waals surface area contributed by atoms with E-state index in [1.54, 1.807) is 24.3 Å². The lowest BCUT2D eigenvalue weighted by molar-refractivity contribution is -0.115. The molecule has 0 spiro atoms. The van der Waals surface area contributed by atoms with E-state index >= 15 is 0 Å². The van der Waals surface area contributed by atoms with Gasteiger partial charge in [-0.3, -0.25) is 4.79 Å². The molecule has 1 aromatic heterocycles. The van der Waals surface area contributed by atoms with Crippen LogP contribution in [0.4, 0.5) is 10.1 Å². The van der Waals surface area contributed by atoms with Crippen LogP contribution in [-0.4, -0.2) is 11.1 Å². The zero-order valence-corrected chi connectivity index (χ0v) is 14.1. The molecule has 0 atom stereocenters. The fraction of sp³-hybridized carbons (Fsp3) is 0.200. The lowest BCUT2D eigenvalue weighted by Gasteiger charge is -2.07. The zero-order valence-electron chi connectivity index (χ0n) is 14.1. The van der Waals surface area contributed by atoms with Crippen molar-refractivity contribution in [2.24, 2.45) is 0 Å². The fourth-order valence-corrected chi connectivity index (χ4v) is 2.50. The average molecular weight is 338 g/mol. The van der Waals surface area contributed by atoms with Crippen molar-refractivity contribution in [3.05, 3.63) is 71.7 Å². The molecule has 0 aliphatic carbocycles. The molecule has 0 unspecified atom stereocenters. The van der Waals surface area contributed by atoms with Gasteiger partial charge in [0.2, 0.25) is 5.91 Å². The van der Waals surface area contributed by atoms with E-state index in [-0.39, 0.29) is 18.1 Å². The number of hydrogen-bond acceptors (Lipinski definition) is 3. The maximum absolute atomic E-state index is 13.8. The number of carbonyl (C=O) groups is 1. The molecule has 0 bridgehead atoms. The van der Waals surface area contributed by atoms with Crippen LogP contribution < -0.4 is 5.32 Å². The number of nitrogens with one attached hydrogen (secondary N) is 1. The zero-order chi connectivity index (χ0) is 17.8. The molecule has 128 valence electrons. The van der Waals surface area contributed by atoms with Gasteiger partial charge in [-0.25, -0.2) is 4.39 Å². The second kappa shape index (κ2) is 7.30. The summed E-state index contributed by atoms with van der Waals surface area (Å²) in [6.07, 6.45) is 0.0594. The largest absolute Gasteiger partial charge is 0.356 e. The molecule has 0 radical (unpaired) electrons. The fourth-order valence-electron chi connectivity index (χ4n) is 2.50. The Morgan fingerprint density at radius 3 is 2.56 bits per heavy atom. The molecule has 1 heterocycles. The number of rotatable bonds is 5. The van der Waals surface area contributed by atoms with Gasteiger partial charge in [0.1, 0.15) is 5.82 Å². The molecule has 1 amide bonds. The quantitative estimate of drug-likeness (QED) is 0.728. The summed E-state index contributed by atoms with van der Waals surface area (Å²) in [6, 6.07) is 15.6. The van der Waals surface area contributed by atoms with Crippen molar-refractivity contribution >= 4 is 11.6 Å². The van der Waals surface area contributed by atoms with E-state index in [2.05, 4.69) is 24.3 Å². The van der Waals surface area contributed by atoms with Gasteiger partial charge in [-0.05, 0) is 35.7 Å². The molecule has 3 aromatic rings. The Labute approximate surface area is 145 Å². The van der Waals surface area contributed by atoms with Gasteiger partial charge in [-0.15, -0.1) is 0 Å². The minimum atomic E-state index is -0.389. The third kappa shape index (κ3) is 4.12. The van der Waals surface area contributed by atoms with Crippen LogP contribution in [0.2, 0.25) is 0 Å². The van der Waals surface area contributed by atoms with Crippen LogP contribution in [0.3, 0.4) is 0 Å². The van der Waals surface area contributed by atoms with Crippen LogP contribution in [0, 0.1) is 5.82 Å². The normalized spacial score (nSPS) is 10.9. The maximum atomic E-state index is 13.8. The standard InChI is InChI=1S/C20H19FN2O2/c1-13(2)14-7-9-15(10-8-14)22-20(24)12-16-11-19(25-23-16)17-5-3-4-6-18(17)21/h3-11,13H,12H2,1-2H3,(H,22,24). The number of benzene rings is 2. The van der Waals surface area contributed by atoms with Crippen molar-refractivity contribution in [1.29, 1.82) is 0 Å². The monoisotopic (exact) mass is 338 g/mol. The predicted octanol–water partition coefficient (Wildman–Crippen LogP) is 4.79. The molecule has 0 aliphatic rings. The molecule has 0 fully saturated rings. The number of amides is 1. The third-order valence-electron chi connectivity index (χ3n) is 3.90. The van der Waals surface area contributed by atoms with Crippen molar-refractivity contribution in [3.8, 4) is 11.3 Å². The van der Waals surface area contributed by atoms with Gasteiger partial charge in [0.15, 0.2) is 5.76 Å². The van der Waals surface area contributed by atoms with Crippen molar-refractivity contribution in [3.63, 3.8) is 0 Å². The van der Waals surface area contributed by atoms with E-state index in [1.165, 1.54) is 11.6 Å². The van der Waals surface area contributed by atoms with Crippen LogP contribution in [0.5, 0.6) is 0 Å². The van der Waals surface area contributed by atoms with Gasteiger partial charge in [-0.1, -0.05) is 43.3 Å². The summed E-state index contributed by atoms with van der Waals surface area (Å²) >= 11 is 0. The van der Waals surface area contributed by atoms with Crippen LogP contribution in [0.1, 0.15) is 31.0 Å². The summed E-state index contributed by atoms with van der Waals surface area (Å²) in [5.41, 5.74) is 2.72. The highest BCUT2D eigenvalue weighted by molar-refractivity contribution is 5.92. The van der Waals surface area contributed by atoms with E-state index in [9.17, 15) is 9.18 Å². The first kappa shape index (κ1) is 16.9. The smallest absolute Gasteiger partial charge is 0.230 e. The number of hydrogen-bond donors (Lipinski definition) is 1. The number of halogens is 1. The molecule has 0 aliphatic heterocycles. The summed E-state index contributed by atoms with van der Waals surface area (Å²) in [6.45, 7) is 4.23. The molecule has 2 aromatic carbocycles. The molecule has 0 saturated heterocycles. The second-order valence-corrected chi connectivity index (χ2v) is 6.16. The van der Waals surface area contributed by atoms with Gasteiger partial charge in [0, 0.05) is 11.8 Å². The second-order valence-electron chi connectivity index (χ2n) is 6.16. The summed E-state index contributed by atoms with van der Waals surface area (Å²) in [7, 11) is 0. The predicted molar refractivity (Wildman–Crippen MR) is 94.8 cm³/mol. The molecule has 0 saturated carbocycles. The highest BCUT2D eigenvalue weighted by Gasteiger charge is 2.13. The maximum Gasteiger partial charge on any atom is 0.230 e. The highest BCUT2D eigenvalue weighted by Crippen LogP contribution is 2.23. The Morgan fingerprint density at radius 2 is 1.88 bits per heavy atom. The minimum absolute atomic E-state index is 0.0594. The van der Waals surface area contributed by atoms with Gasteiger partial charge in [-0.2, -0.15) is 0 Å². The summed E-state index contributed by atoms with van der Waals surface area (Å²) in [4.78, 5) is 12.1. The number of nitrogens with zero attached hydrogens (tertiary/aromatic N) is 1. The Balaban J connectivity index is 1.65. The first-order valence-electron chi connectivity index (χ1n) is 8.13. The molecular weight excluding hydrogens is 319 g/mol. The van der Waals surface area contributed by atoms with Crippen molar-refractivity contribution in [1.82, 2.24) is 5.16 Å². The van der Waals surface area contributed by atoms with Gasteiger partial charge in [0.05, 0.1) is 17.7 Å². The number of aromatic nitrogens is 1. The number of carbonyl (C=O) groups excluding carboxylic acids is 1. The van der Waals surface area contributed by atoms with E-state index < -0.39 is 0 Å². The summed E-state index contributed by atoms with van der Waals surface area (Å²) in [5.74, 6) is 0.157. The van der Waals surface area contributed by atoms with Gasteiger partial charge < -0.3 is 9.84 Å². The lowest BCUT2D eigenvalue weighted by Crippen LogP contribution is -2.14. The van der Waals surface area contributed by atoms with Crippen molar-refractivity contribution < 1.29 is 13.7 Å². The van der Waals surface area contributed by atoms with Gasteiger partial charge in [0.25, 0.3) is 0 Å². The molecule has 25 heavy (non-hydrogen) atoms. The SMILES string of the molecule is CC(C)c1ccc(NC(=O)Cc2cc(-c3ccccc3F)on2)cc1. The van der Waals surface area contributed by atoms with Crippen molar-refractivity contribution in [2.75, 3.05) is 5.32 Å². The topological polar surface area (TPSA) is 55.1 Å². The lowest BCUT2D eigenvalue weighted by atomic mass is 10.0. The van der Waals surface area contributed by atoms with Crippen molar-refractivity contribution in [2.45, 2.75) is 26.2 Å². The first-order chi connectivity index (χ1) is 12.0. The molecule has 3 rings (SSSR count). The van der Waals surface area contributed by atoms with E-state index in [4.69, 9.17) is 4.52 Å². The first-order valence-corrected chi connectivity index (χ1v) is 8.13. The molecule has 4 nitrogen and oxygen atoms in total. The van der Waals surface area contributed by atoms with Gasteiger partial charge >= 0.3 is 0 Å². The van der Waals surface area contributed by atoms with E-state index in [0.717, 1.165) is 5.69 Å². The van der Waals surface area contributed by atoms with Crippen LogP contribution in [-0.2, 0) is 11.2 Å².